The molecule has 54 heavy (non-hydrogen) atoms. The zero-order valence-electron chi connectivity index (χ0n) is 35.0. The molecule has 0 spiro atoms. The summed E-state index contributed by atoms with van der Waals surface area (Å²) in [5, 5.41) is 21.4. The first kappa shape index (κ1) is 43.8. The van der Waals surface area contributed by atoms with Crippen LogP contribution in [-0.4, -0.2) is 90.3 Å². The van der Waals surface area contributed by atoms with Gasteiger partial charge in [-0.2, -0.15) is 9.97 Å². The van der Waals surface area contributed by atoms with E-state index in [-0.39, 0.29) is 34.2 Å². The van der Waals surface area contributed by atoms with Crippen LogP contribution in [0.15, 0.2) is 12.7 Å². The van der Waals surface area contributed by atoms with E-state index in [0.29, 0.717) is 36.9 Å². The third kappa shape index (κ3) is 16.0. The molecule has 2 aliphatic heterocycles. The topological polar surface area (TPSA) is 202 Å². The summed E-state index contributed by atoms with van der Waals surface area (Å²) in [6.07, 6.45) is 18.4. The average molecular weight is 753 g/mol. The van der Waals surface area contributed by atoms with Gasteiger partial charge in [0.2, 0.25) is 23.8 Å². The van der Waals surface area contributed by atoms with Gasteiger partial charge in [0.25, 0.3) is 0 Å². The van der Waals surface area contributed by atoms with E-state index in [1.165, 1.54) is 51.4 Å². The fraction of sp³-hybridized carbons (Fsp3) is 0.850. The fourth-order valence-electron chi connectivity index (χ4n) is 9.64. The first-order valence-electron chi connectivity index (χ1n) is 20.9. The maximum atomic E-state index is 6.03. The van der Waals surface area contributed by atoms with E-state index >= 15 is 0 Å². The molecule has 2 saturated heterocycles. The van der Waals surface area contributed by atoms with Crippen molar-refractivity contribution in [2.45, 2.75) is 180 Å². The molecular weight excluding hydrogens is 677 g/mol. The SMILES string of the molecule is CC1(C)CC(CCCCNc2ncnc(NC(CCN)CCC(CCN)Nc3ncnc(NCCCCC4CC(C)(C)NC(C)(C)C4)n3)n2)CC(C)(C)N1. The van der Waals surface area contributed by atoms with Crippen molar-refractivity contribution in [1.82, 2.24) is 40.5 Å². The van der Waals surface area contributed by atoms with Crippen molar-refractivity contribution >= 4 is 23.8 Å². The van der Waals surface area contributed by atoms with E-state index in [9.17, 15) is 0 Å². The van der Waals surface area contributed by atoms with Gasteiger partial charge in [-0.1, -0.05) is 25.7 Å². The van der Waals surface area contributed by atoms with Crippen molar-refractivity contribution < 1.29 is 0 Å². The van der Waals surface area contributed by atoms with Gasteiger partial charge in [-0.25, -0.2) is 19.9 Å². The molecule has 0 saturated carbocycles. The summed E-state index contributed by atoms with van der Waals surface area (Å²) in [6.45, 7) is 21.4. The smallest absolute Gasteiger partial charge is 0.227 e. The highest BCUT2D eigenvalue weighted by Gasteiger charge is 2.38. The summed E-state index contributed by atoms with van der Waals surface area (Å²) in [5.41, 5.74) is 12.8. The average Bonchev–Trinajstić information content (AvgIpc) is 3.04. The van der Waals surface area contributed by atoms with E-state index in [1.807, 2.05) is 0 Å². The van der Waals surface area contributed by atoms with Crippen LogP contribution in [0.25, 0.3) is 0 Å². The zero-order valence-corrected chi connectivity index (χ0v) is 35.0. The summed E-state index contributed by atoms with van der Waals surface area (Å²) < 4.78 is 0. The van der Waals surface area contributed by atoms with Crippen molar-refractivity contribution in [3.8, 4) is 0 Å². The standard InChI is InChI=1S/C40H76N14/c1-37(2)23-29(24-38(3,4)53-37)13-9-11-21-43-33-45-27-47-35(51-33)49-31(17-19-41)15-16-32(18-20-42)50-36-48-28-46-34(52-36)44-22-12-10-14-30-25-39(5,6)54-40(7,8)26-30/h27-32,53-54H,9-26,41-42H2,1-8H3,(H2,43,45,47,49,51)(H2,44,46,48,50,52). The predicted octanol–water partition coefficient (Wildman–Crippen LogP) is 6.07. The van der Waals surface area contributed by atoms with Gasteiger partial charge < -0.3 is 43.4 Å². The number of hydrogen-bond donors (Lipinski definition) is 8. The van der Waals surface area contributed by atoms with Gasteiger partial charge in [-0.3, -0.25) is 0 Å². The van der Waals surface area contributed by atoms with Crippen molar-refractivity contribution in [2.24, 2.45) is 23.3 Å². The van der Waals surface area contributed by atoms with Crippen LogP contribution in [0.5, 0.6) is 0 Å². The molecule has 14 nitrogen and oxygen atoms in total. The van der Waals surface area contributed by atoms with Crippen LogP contribution in [0.2, 0.25) is 0 Å². The van der Waals surface area contributed by atoms with Crippen LogP contribution in [0.1, 0.15) is 145 Å². The van der Waals surface area contributed by atoms with Gasteiger partial charge >= 0.3 is 0 Å². The molecule has 4 rings (SSSR count). The van der Waals surface area contributed by atoms with Crippen molar-refractivity contribution in [1.29, 1.82) is 0 Å². The quantitative estimate of drug-likeness (QED) is 0.0608. The largest absolute Gasteiger partial charge is 0.354 e. The molecule has 306 valence electrons. The number of rotatable bonds is 23. The molecule has 0 radical (unpaired) electrons. The Labute approximate surface area is 326 Å². The number of piperidine rings is 2. The second-order valence-electron chi connectivity index (χ2n) is 18.9. The molecule has 0 aliphatic carbocycles. The Morgan fingerprint density at radius 1 is 0.556 bits per heavy atom. The molecule has 2 atom stereocenters. The Balaban J connectivity index is 1.18. The maximum absolute atomic E-state index is 6.03. The molecule has 0 aromatic carbocycles. The molecule has 0 amide bonds. The Morgan fingerprint density at radius 2 is 0.907 bits per heavy atom. The van der Waals surface area contributed by atoms with E-state index in [4.69, 9.17) is 11.5 Å². The highest BCUT2D eigenvalue weighted by molar-refractivity contribution is 5.34. The van der Waals surface area contributed by atoms with Gasteiger partial charge in [-0.05, 0) is 145 Å². The van der Waals surface area contributed by atoms with Crippen LogP contribution in [0, 0.1) is 11.8 Å². The third-order valence-corrected chi connectivity index (χ3v) is 10.9. The van der Waals surface area contributed by atoms with Crippen LogP contribution >= 0.6 is 0 Å². The normalized spacial score (nSPS) is 20.6. The lowest BCUT2D eigenvalue weighted by molar-refractivity contribution is 0.121. The molecule has 2 unspecified atom stereocenters. The van der Waals surface area contributed by atoms with Gasteiger partial charge in [0, 0.05) is 47.3 Å². The molecule has 0 bridgehead atoms. The number of nitrogens with one attached hydrogen (secondary N) is 6. The number of anilines is 4. The van der Waals surface area contributed by atoms with Crippen molar-refractivity contribution in [3.05, 3.63) is 12.7 Å². The summed E-state index contributed by atoms with van der Waals surface area (Å²) >= 11 is 0. The first-order valence-corrected chi connectivity index (χ1v) is 20.9. The summed E-state index contributed by atoms with van der Waals surface area (Å²) in [4.78, 5) is 26.9. The number of nitrogens with two attached hydrogens (primary N) is 2. The predicted molar refractivity (Wildman–Crippen MR) is 224 cm³/mol. The highest BCUT2D eigenvalue weighted by atomic mass is 15.2. The highest BCUT2D eigenvalue weighted by Crippen LogP contribution is 2.36. The molecule has 2 fully saturated rings. The van der Waals surface area contributed by atoms with Gasteiger partial charge in [-0.15, -0.1) is 0 Å². The summed E-state index contributed by atoms with van der Waals surface area (Å²) in [6, 6.07) is 0.201. The number of unbranched alkanes of at least 4 members (excludes halogenated alkanes) is 2. The Kier molecular flexibility index (Phi) is 16.5. The van der Waals surface area contributed by atoms with Gasteiger partial charge in [0.05, 0.1) is 0 Å². The molecule has 2 aliphatic rings. The number of aromatic nitrogens is 6. The Bertz CT molecular complexity index is 1250. The van der Waals surface area contributed by atoms with Crippen LogP contribution < -0.4 is 43.4 Å². The lowest BCUT2D eigenvalue weighted by atomic mass is 9.74. The number of nitrogens with zero attached hydrogens (tertiary/aromatic N) is 6. The van der Waals surface area contributed by atoms with Crippen molar-refractivity contribution in [3.63, 3.8) is 0 Å². The fourth-order valence-corrected chi connectivity index (χ4v) is 9.64. The van der Waals surface area contributed by atoms with Crippen LogP contribution in [0.4, 0.5) is 23.8 Å². The minimum atomic E-state index is 0.100. The van der Waals surface area contributed by atoms with Crippen molar-refractivity contribution in [2.75, 3.05) is 47.4 Å². The lowest BCUT2D eigenvalue weighted by Gasteiger charge is -2.46. The second-order valence-corrected chi connectivity index (χ2v) is 18.9. The monoisotopic (exact) mass is 753 g/mol. The summed E-state index contributed by atoms with van der Waals surface area (Å²) in [7, 11) is 0. The molecule has 2 aromatic rings. The van der Waals surface area contributed by atoms with E-state index in [2.05, 4.69) is 117 Å². The van der Waals surface area contributed by atoms with E-state index in [0.717, 1.165) is 63.5 Å². The summed E-state index contributed by atoms with van der Waals surface area (Å²) in [5.74, 6) is 3.83. The molecule has 4 heterocycles. The van der Waals surface area contributed by atoms with Gasteiger partial charge in [0.15, 0.2) is 0 Å². The maximum Gasteiger partial charge on any atom is 0.227 e. The molecule has 10 N–H and O–H groups in total. The lowest BCUT2D eigenvalue weighted by Crippen LogP contribution is -2.57. The Morgan fingerprint density at radius 3 is 1.26 bits per heavy atom. The Hall–Kier alpha value is -2.94. The van der Waals surface area contributed by atoms with Crippen LogP contribution in [-0.2, 0) is 0 Å². The number of hydrogen-bond acceptors (Lipinski definition) is 14. The van der Waals surface area contributed by atoms with E-state index in [1.54, 1.807) is 12.7 Å². The van der Waals surface area contributed by atoms with E-state index < -0.39 is 0 Å². The third-order valence-electron chi connectivity index (χ3n) is 10.9. The zero-order chi connectivity index (χ0) is 39.2. The molecule has 2 aromatic heterocycles. The molecular formula is C40H76N14. The van der Waals surface area contributed by atoms with Gasteiger partial charge in [0.1, 0.15) is 12.7 Å². The minimum absolute atomic E-state index is 0.100. The van der Waals surface area contributed by atoms with Crippen LogP contribution in [0.3, 0.4) is 0 Å². The first-order chi connectivity index (χ1) is 25.5. The second kappa shape index (κ2) is 20.3. The minimum Gasteiger partial charge on any atom is -0.354 e. The molecule has 14 heteroatoms.